The highest BCUT2D eigenvalue weighted by molar-refractivity contribution is 5.78. The summed E-state index contributed by atoms with van der Waals surface area (Å²) >= 11 is 0. The summed E-state index contributed by atoms with van der Waals surface area (Å²) in [6.45, 7) is 8.68. The quantitative estimate of drug-likeness (QED) is 0.825. The molecular weight excluding hydrogens is 262 g/mol. The van der Waals surface area contributed by atoms with Gasteiger partial charge < -0.3 is 4.57 Å². The maximum absolute atomic E-state index is 12.2. The number of Topliss-reactive ketones (excluding diaryl/α,β-unsaturated/α-hetero) is 1. The molecule has 3 unspecified atom stereocenters. The predicted octanol–water partition coefficient (Wildman–Crippen LogP) is 3.91. The van der Waals surface area contributed by atoms with E-state index < -0.39 is 0 Å². The maximum Gasteiger partial charge on any atom is 0.250 e. The molecule has 0 bridgehead atoms. The summed E-state index contributed by atoms with van der Waals surface area (Å²) in [5.41, 5.74) is -0.0950. The van der Waals surface area contributed by atoms with Gasteiger partial charge in [-0.2, -0.15) is 0 Å². The smallest absolute Gasteiger partial charge is 0.250 e. The van der Waals surface area contributed by atoms with Crippen LogP contribution in [0.25, 0.3) is 0 Å². The number of hydrogen-bond donors (Lipinski definition) is 0. The second kappa shape index (κ2) is 8.81. The van der Waals surface area contributed by atoms with Gasteiger partial charge >= 0.3 is 0 Å². The number of rotatable bonds is 5. The number of aromatic nitrogens is 1. The van der Waals surface area contributed by atoms with Gasteiger partial charge in [0, 0.05) is 18.7 Å². The Kier molecular flexibility index (Phi) is 7.41. The summed E-state index contributed by atoms with van der Waals surface area (Å²) in [5, 5.41) is 0. The SMILES string of the molecule is CC.CCC1CCC(C)C1CC(=O)Cn1ccccc1=O. The van der Waals surface area contributed by atoms with Gasteiger partial charge in [0.05, 0.1) is 6.54 Å². The summed E-state index contributed by atoms with van der Waals surface area (Å²) in [7, 11) is 0. The summed E-state index contributed by atoms with van der Waals surface area (Å²) in [5.74, 6) is 2.02. The minimum absolute atomic E-state index is 0.0950. The molecule has 0 amide bonds. The lowest BCUT2D eigenvalue weighted by atomic mass is 9.84. The molecule has 1 heterocycles. The lowest BCUT2D eigenvalue weighted by Crippen LogP contribution is -2.25. The molecule has 0 aromatic carbocycles. The van der Waals surface area contributed by atoms with E-state index in [1.54, 1.807) is 18.3 Å². The van der Waals surface area contributed by atoms with Crippen molar-refractivity contribution in [2.45, 2.75) is 59.9 Å². The maximum atomic E-state index is 12.2. The first-order valence-electron chi connectivity index (χ1n) is 8.29. The molecule has 0 N–H and O–H groups in total. The van der Waals surface area contributed by atoms with Crippen LogP contribution in [0.3, 0.4) is 0 Å². The van der Waals surface area contributed by atoms with Crippen LogP contribution in [0, 0.1) is 17.8 Å². The fourth-order valence-corrected chi connectivity index (χ4v) is 3.35. The van der Waals surface area contributed by atoms with E-state index in [1.807, 2.05) is 13.8 Å². The normalized spacial score (nSPS) is 24.3. The topological polar surface area (TPSA) is 39.1 Å². The van der Waals surface area contributed by atoms with Crippen molar-refractivity contribution in [1.29, 1.82) is 0 Å². The molecule has 21 heavy (non-hydrogen) atoms. The Bertz CT molecular complexity index is 492. The Hall–Kier alpha value is -1.38. The average Bonchev–Trinajstić information content (AvgIpc) is 2.84. The number of carbonyl (C=O) groups is 1. The van der Waals surface area contributed by atoms with Gasteiger partial charge in [-0.05, 0) is 30.2 Å². The van der Waals surface area contributed by atoms with Crippen LogP contribution in [0.5, 0.6) is 0 Å². The first-order valence-corrected chi connectivity index (χ1v) is 8.29. The van der Waals surface area contributed by atoms with Gasteiger partial charge in [-0.1, -0.05) is 46.6 Å². The van der Waals surface area contributed by atoms with Crippen molar-refractivity contribution < 1.29 is 4.79 Å². The van der Waals surface area contributed by atoms with E-state index in [9.17, 15) is 9.59 Å². The third-order valence-electron chi connectivity index (χ3n) is 4.56. The fraction of sp³-hybridized carbons (Fsp3) is 0.667. The summed E-state index contributed by atoms with van der Waals surface area (Å²) < 4.78 is 1.50. The Morgan fingerprint density at radius 2 is 2.00 bits per heavy atom. The van der Waals surface area contributed by atoms with Crippen LogP contribution < -0.4 is 5.56 Å². The van der Waals surface area contributed by atoms with Gasteiger partial charge in [0.25, 0.3) is 5.56 Å². The van der Waals surface area contributed by atoms with Crippen molar-refractivity contribution >= 4 is 5.78 Å². The van der Waals surface area contributed by atoms with Gasteiger partial charge in [-0.25, -0.2) is 0 Å². The van der Waals surface area contributed by atoms with Gasteiger partial charge in [0.15, 0.2) is 5.78 Å². The fourth-order valence-electron chi connectivity index (χ4n) is 3.35. The van der Waals surface area contributed by atoms with E-state index in [-0.39, 0.29) is 17.9 Å². The molecule has 118 valence electrons. The van der Waals surface area contributed by atoms with Crippen LogP contribution in [-0.4, -0.2) is 10.4 Å². The van der Waals surface area contributed by atoms with Crippen LogP contribution in [0.1, 0.15) is 53.4 Å². The van der Waals surface area contributed by atoms with Crippen molar-refractivity contribution in [2.75, 3.05) is 0 Å². The van der Waals surface area contributed by atoms with E-state index in [1.165, 1.54) is 23.5 Å². The van der Waals surface area contributed by atoms with Crippen molar-refractivity contribution in [3.05, 3.63) is 34.7 Å². The molecule has 0 spiro atoms. The predicted molar refractivity (Wildman–Crippen MR) is 87.3 cm³/mol. The minimum Gasteiger partial charge on any atom is -0.308 e. The molecule has 3 atom stereocenters. The summed E-state index contributed by atoms with van der Waals surface area (Å²) in [6, 6.07) is 5.00. The second-order valence-electron chi connectivity index (χ2n) is 5.80. The number of carbonyl (C=O) groups excluding carboxylic acids is 1. The number of pyridine rings is 1. The van der Waals surface area contributed by atoms with E-state index in [2.05, 4.69) is 13.8 Å². The lowest BCUT2D eigenvalue weighted by molar-refractivity contribution is -0.121. The second-order valence-corrected chi connectivity index (χ2v) is 5.80. The van der Waals surface area contributed by atoms with Crippen molar-refractivity contribution in [3.63, 3.8) is 0 Å². The molecule has 0 aliphatic heterocycles. The van der Waals surface area contributed by atoms with Crippen LogP contribution in [0.2, 0.25) is 0 Å². The molecule has 1 saturated carbocycles. The zero-order valence-corrected chi connectivity index (χ0v) is 13.8. The molecule has 0 saturated heterocycles. The molecule has 3 nitrogen and oxygen atoms in total. The van der Waals surface area contributed by atoms with Crippen LogP contribution in [0.15, 0.2) is 29.2 Å². The van der Waals surface area contributed by atoms with Crippen molar-refractivity contribution in [2.24, 2.45) is 17.8 Å². The lowest BCUT2D eigenvalue weighted by Gasteiger charge is -2.21. The van der Waals surface area contributed by atoms with E-state index in [0.29, 0.717) is 24.2 Å². The minimum atomic E-state index is -0.0950. The number of hydrogen-bond acceptors (Lipinski definition) is 2. The molecule has 0 radical (unpaired) electrons. The van der Waals surface area contributed by atoms with Gasteiger partial charge in [0.1, 0.15) is 0 Å². The molecule has 1 aromatic heterocycles. The summed E-state index contributed by atoms with van der Waals surface area (Å²) in [6.07, 6.45) is 5.97. The van der Waals surface area contributed by atoms with Crippen molar-refractivity contribution in [1.82, 2.24) is 4.57 Å². The largest absolute Gasteiger partial charge is 0.308 e. The zero-order valence-electron chi connectivity index (χ0n) is 13.8. The molecule has 2 rings (SSSR count). The average molecular weight is 291 g/mol. The summed E-state index contributed by atoms with van der Waals surface area (Å²) in [4.78, 5) is 23.8. The standard InChI is InChI=1S/C16H23NO2.C2H6/c1-3-13-8-7-12(2)15(13)10-14(18)11-17-9-5-4-6-16(17)19;1-2/h4-6,9,12-13,15H,3,7-8,10-11H2,1-2H3;1-2H3. The highest BCUT2D eigenvalue weighted by Crippen LogP contribution is 2.40. The van der Waals surface area contributed by atoms with Crippen molar-refractivity contribution in [3.8, 4) is 0 Å². The van der Waals surface area contributed by atoms with Gasteiger partial charge in [-0.15, -0.1) is 0 Å². The third-order valence-corrected chi connectivity index (χ3v) is 4.56. The zero-order chi connectivity index (χ0) is 15.8. The van der Waals surface area contributed by atoms with Crippen LogP contribution in [-0.2, 0) is 11.3 Å². The number of ketones is 1. The number of nitrogens with zero attached hydrogens (tertiary/aromatic N) is 1. The van der Waals surface area contributed by atoms with Crippen LogP contribution in [0.4, 0.5) is 0 Å². The molecule has 1 fully saturated rings. The third kappa shape index (κ3) is 4.83. The highest BCUT2D eigenvalue weighted by atomic mass is 16.1. The highest BCUT2D eigenvalue weighted by Gasteiger charge is 2.33. The first-order chi connectivity index (χ1) is 10.1. The van der Waals surface area contributed by atoms with E-state index in [4.69, 9.17) is 0 Å². The monoisotopic (exact) mass is 291 g/mol. The van der Waals surface area contributed by atoms with Crippen LogP contribution >= 0.6 is 0 Å². The Morgan fingerprint density at radius 3 is 2.62 bits per heavy atom. The Balaban J connectivity index is 0.00000106. The van der Waals surface area contributed by atoms with E-state index >= 15 is 0 Å². The molecular formula is C18H29NO2. The molecule has 1 aliphatic carbocycles. The Labute approximate surface area is 128 Å². The first kappa shape index (κ1) is 17.7. The molecule has 1 aliphatic rings. The van der Waals surface area contributed by atoms with E-state index in [0.717, 1.165) is 6.42 Å². The van der Waals surface area contributed by atoms with Gasteiger partial charge in [-0.3, -0.25) is 9.59 Å². The van der Waals surface area contributed by atoms with Gasteiger partial charge in [0.2, 0.25) is 0 Å². The Morgan fingerprint density at radius 1 is 1.29 bits per heavy atom. The molecule has 1 aromatic rings. The molecule has 3 heteroatoms.